The molecule has 110 valence electrons. The van der Waals surface area contributed by atoms with Gasteiger partial charge in [0, 0.05) is 23.4 Å². The highest BCUT2D eigenvalue weighted by molar-refractivity contribution is 8.01. The molecule has 0 fully saturated rings. The first-order valence-electron chi connectivity index (χ1n) is 6.62. The van der Waals surface area contributed by atoms with Crippen LogP contribution in [0.25, 0.3) is 0 Å². The van der Waals surface area contributed by atoms with Crippen molar-refractivity contribution in [2.24, 2.45) is 0 Å². The van der Waals surface area contributed by atoms with Gasteiger partial charge in [-0.05, 0) is 12.1 Å². The van der Waals surface area contributed by atoms with Gasteiger partial charge < -0.3 is 10.6 Å². The van der Waals surface area contributed by atoms with Crippen molar-refractivity contribution in [3.63, 3.8) is 0 Å². The van der Waals surface area contributed by atoms with Gasteiger partial charge in [0.1, 0.15) is 0 Å². The summed E-state index contributed by atoms with van der Waals surface area (Å²) in [5, 5.41) is 5.55. The Hall–Kier alpha value is -1.49. The monoisotopic (exact) mass is 294 g/mol. The fraction of sp³-hybridized carbons (Fsp3) is 0.467. The Balaban J connectivity index is 2.16. The van der Waals surface area contributed by atoms with Crippen LogP contribution >= 0.6 is 11.8 Å². The first-order valence-corrected chi connectivity index (χ1v) is 7.61. The van der Waals surface area contributed by atoms with Crippen molar-refractivity contribution in [1.82, 2.24) is 10.6 Å². The minimum absolute atomic E-state index is 0.00103. The van der Waals surface area contributed by atoms with Gasteiger partial charge in [-0.3, -0.25) is 9.59 Å². The van der Waals surface area contributed by atoms with E-state index >= 15 is 0 Å². The second kappa shape index (κ2) is 7.94. The Labute approximate surface area is 124 Å². The van der Waals surface area contributed by atoms with E-state index in [1.54, 1.807) is 23.9 Å². The van der Waals surface area contributed by atoms with Crippen LogP contribution in [-0.2, 0) is 4.79 Å². The van der Waals surface area contributed by atoms with Crippen molar-refractivity contribution in [2.75, 3.05) is 18.8 Å². The lowest BCUT2D eigenvalue weighted by molar-refractivity contribution is -0.118. The number of carbonyl (C=O) groups is 2. The van der Waals surface area contributed by atoms with Gasteiger partial charge in [0.05, 0.1) is 5.75 Å². The van der Waals surface area contributed by atoms with Gasteiger partial charge in [-0.25, -0.2) is 0 Å². The SMILES string of the molecule is CC(C)(C)SCC(=O)NCCNC(=O)c1ccccc1. The summed E-state index contributed by atoms with van der Waals surface area (Å²) in [4.78, 5) is 23.3. The van der Waals surface area contributed by atoms with Crippen LogP contribution < -0.4 is 10.6 Å². The van der Waals surface area contributed by atoms with Crippen LogP contribution in [0.5, 0.6) is 0 Å². The lowest BCUT2D eigenvalue weighted by atomic mass is 10.2. The van der Waals surface area contributed by atoms with E-state index in [2.05, 4.69) is 31.4 Å². The molecule has 0 aliphatic carbocycles. The summed E-state index contributed by atoms with van der Waals surface area (Å²) >= 11 is 1.60. The molecule has 0 atom stereocenters. The third kappa shape index (κ3) is 7.19. The molecule has 0 heterocycles. The van der Waals surface area contributed by atoms with Crippen LogP contribution in [0.4, 0.5) is 0 Å². The molecule has 2 amide bonds. The first-order chi connectivity index (χ1) is 9.38. The molecule has 0 aromatic heterocycles. The van der Waals surface area contributed by atoms with Gasteiger partial charge in [-0.2, -0.15) is 0 Å². The summed E-state index contributed by atoms with van der Waals surface area (Å²) in [6, 6.07) is 9.02. The van der Waals surface area contributed by atoms with E-state index in [0.29, 0.717) is 24.4 Å². The van der Waals surface area contributed by atoms with Crippen molar-refractivity contribution in [1.29, 1.82) is 0 Å². The van der Waals surface area contributed by atoms with Gasteiger partial charge in [0.25, 0.3) is 5.91 Å². The Morgan fingerprint density at radius 3 is 2.25 bits per heavy atom. The number of thioether (sulfide) groups is 1. The maximum Gasteiger partial charge on any atom is 0.251 e. The van der Waals surface area contributed by atoms with Crippen LogP contribution in [0.2, 0.25) is 0 Å². The Morgan fingerprint density at radius 1 is 1.05 bits per heavy atom. The normalized spacial score (nSPS) is 10.9. The van der Waals surface area contributed by atoms with Crippen LogP contribution in [0.1, 0.15) is 31.1 Å². The standard InChI is InChI=1S/C15H22N2O2S/c1-15(2,3)20-11-13(18)16-9-10-17-14(19)12-7-5-4-6-8-12/h4-8H,9-11H2,1-3H3,(H,16,18)(H,17,19). The summed E-state index contributed by atoms with van der Waals surface area (Å²) in [5.74, 6) is 0.318. The lowest BCUT2D eigenvalue weighted by Crippen LogP contribution is -2.35. The number of amides is 2. The van der Waals surface area contributed by atoms with E-state index in [9.17, 15) is 9.59 Å². The second-order valence-electron chi connectivity index (χ2n) is 5.37. The molecule has 0 radical (unpaired) electrons. The van der Waals surface area contributed by atoms with Gasteiger partial charge in [-0.15, -0.1) is 11.8 Å². The number of hydrogen-bond acceptors (Lipinski definition) is 3. The maximum atomic E-state index is 11.7. The van der Waals surface area contributed by atoms with Crippen LogP contribution in [0.15, 0.2) is 30.3 Å². The van der Waals surface area contributed by atoms with Crippen molar-refractivity contribution >= 4 is 23.6 Å². The first kappa shape index (κ1) is 16.6. The van der Waals surface area contributed by atoms with Crippen molar-refractivity contribution in [3.8, 4) is 0 Å². The molecular formula is C15H22N2O2S. The summed E-state index contributed by atoms with van der Waals surface area (Å²) in [5.41, 5.74) is 0.627. The largest absolute Gasteiger partial charge is 0.354 e. The molecule has 20 heavy (non-hydrogen) atoms. The highest BCUT2D eigenvalue weighted by atomic mass is 32.2. The van der Waals surface area contributed by atoms with Crippen molar-refractivity contribution in [3.05, 3.63) is 35.9 Å². The third-order valence-electron chi connectivity index (χ3n) is 2.40. The average molecular weight is 294 g/mol. The van der Waals surface area contributed by atoms with E-state index in [0.717, 1.165) is 0 Å². The minimum Gasteiger partial charge on any atom is -0.354 e. The van der Waals surface area contributed by atoms with E-state index < -0.39 is 0 Å². The molecule has 1 rings (SSSR count). The highest BCUT2D eigenvalue weighted by Gasteiger charge is 2.13. The fourth-order valence-electron chi connectivity index (χ4n) is 1.40. The summed E-state index contributed by atoms with van der Waals surface area (Å²) in [7, 11) is 0. The molecule has 0 aliphatic rings. The van der Waals surface area contributed by atoms with Crippen molar-refractivity contribution < 1.29 is 9.59 Å². The zero-order chi connectivity index (χ0) is 15.0. The van der Waals surface area contributed by atoms with E-state index in [-0.39, 0.29) is 16.6 Å². The Bertz CT molecular complexity index is 441. The summed E-state index contributed by atoms with van der Waals surface area (Å²) in [6.45, 7) is 7.10. The zero-order valence-corrected chi connectivity index (χ0v) is 13.0. The maximum absolute atomic E-state index is 11.7. The minimum atomic E-state index is -0.121. The molecule has 5 heteroatoms. The number of nitrogens with one attached hydrogen (secondary N) is 2. The molecule has 0 spiro atoms. The van der Waals surface area contributed by atoms with Gasteiger partial charge in [0.15, 0.2) is 0 Å². The number of benzene rings is 1. The molecule has 0 saturated carbocycles. The molecular weight excluding hydrogens is 272 g/mol. The van der Waals surface area contributed by atoms with E-state index in [1.165, 1.54) is 0 Å². The predicted molar refractivity (Wildman–Crippen MR) is 84.0 cm³/mol. The predicted octanol–water partition coefficient (Wildman–Crippen LogP) is 2.06. The number of carbonyl (C=O) groups excluding carboxylic acids is 2. The molecule has 1 aromatic carbocycles. The molecule has 1 aromatic rings. The lowest BCUT2D eigenvalue weighted by Gasteiger charge is -2.17. The van der Waals surface area contributed by atoms with Gasteiger partial charge in [0.2, 0.25) is 5.91 Å². The van der Waals surface area contributed by atoms with Gasteiger partial charge >= 0.3 is 0 Å². The molecule has 4 nitrogen and oxygen atoms in total. The fourth-order valence-corrected chi connectivity index (χ4v) is 2.07. The molecule has 0 bridgehead atoms. The Morgan fingerprint density at radius 2 is 1.65 bits per heavy atom. The molecule has 0 aliphatic heterocycles. The van der Waals surface area contributed by atoms with E-state index in [1.807, 2.05) is 18.2 Å². The summed E-state index contributed by atoms with van der Waals surface area (Å²) in [6.07, 6.45) is 0. The van der Waals surface area contributed by atoms with Gasteiger partial charge in [-0.1, -0.05) is 39.0 Å². The molecule has 2 N–H and O–H groups in total. The molecule has 0 saturated heterocycles. The second-order valence-corrected chi connectivity index (χ2v) is 7.18. The molecule has 0 unspecified atom stereocenters. The zero-order valence-electron chi connectivity index (χ0n) is 12.2. The van der Waals surface area contributed by atoms with Crippen LogP contribution in [0, 0.1) is 0 Å². The highest BCUT2D eigenvalue weighted by Crippen LogP contribution is 2.22. The van der Waals surface area contributed by atoms with E-state index in [4.69, 9.17) is 0 Å². The van der Waals surface area contributed by atoms with Crippen molar-refractivity contribution in [2.45, 2.75) is 25.5 Å². The number of hydrogen-bond donors (Lipinski definition) is 2. The Kier molecular flexibility index (Phi) is 6.58. The topological polar surface area (TPSA) is 58.2 Å². The third-order valence-corrected chi connectivity index (χ3v) is 3.68. The van der Waals surface area contributed by atoms with Crippen LogP contribution in [-0.4, -0.2) is 35.4 Å². The summed E-state index contributed by atoms with van der Waals surface area (Å²) < 4.78 is 0.0822. The smallest absolute Gasteiger partial charge is 0.251 e. The van der Waals surface area contributed by atoms with Crippen LogP contribution in [0.3, 0.4) is 0 Å². The average Bonchev–Trinajstić information content (AvgIpc) is 2.41. The number of rotatable bonds is 6. The quantitative estimate of drug-likeness (QED) is 0.790.